The monoisotopic (exact) mass is 255 g/mol. The lowest BCUT2D eigenvalue weighted by Crippen LogP contribution is -2.21. The lowest BCUT2D eigenvalue weighted by molar-refractivity contribution is -0.255. The number of carbonyl (C=O) groups excluding carboxylic acids is 2. The van der Waals surface area contributed by atoms with E-state index in [2.05, 4.69) is 4.74 Å². The van der Waals surface area contributed by atoms with E-state index >= 15 is 0 Å². The van der Waals surface area contributed by atoms with E-state index in [-0.39, 0.29) is 11.5 Å². The zero-order valence-corrected chi connectivity index (χ0v) is 10.3. The molecular formula is C15H11O4-. The first-order chi connectivity index (χ1) is 9.11. The van der Waals surface area contributed by atoms with Crippen LogP contribution in [0.1, 0.15) is 20.7 Å². The molecule has 0 bridgehead atoms. The van der Waals surface area contributed by atoms with E-state index in [0.717, 1.165) is 11.1 Å². The maximum absolute atomic E-state index is 11.3. The van der Waals surface area contributed by atoms with Crippen molar-refractivity contribution in [3.8, 4) is 11.1 Å². The normalized spacial score (nSPS) is 9.95. The second kappa shape index (κ2) is 5.35. The summed E-state index contributed by atoms with van der Waals surface area (Å²) >= 11 is 0. The average molecular weight is 255 g/mol. The largest absolute Gasteiger partial charge is 0.545 e. The number of ether oxygens (including phenoxy) is 1. The fourth-order valence-electron chi connectivity index (χ4n) is 1.72. The van der Waals surface area contributed by atoms with E-state index in [1.54, 1.807) is 36.4 Å². The molecule has 0 aliphatic carbocycles. The Balaban J connectivity index is 2.27. The molecule has 0 atom stereocenters. The van der Waals surface area contributed by atoms with Gasteiger partial charge < -0.3 is 14.6 Å². The molecule has 0 amide bonds. The Morgan fingerprint density at radius 1 is 0.842 bits per heavy atom. The predicted octanol–water partition coefficient (Wildman–Crippen LogP) is 1.50. The summed E-state index contributed by atoms with van der Waals surface area (Å²) in [5, 5.41) is 10.6. The first-order valence-electron chi connectivity index (χ1n) is 5.62. The summed E-state index contributed by atoms with van der Waals surface area (Å²) in [4.78, 5) is 21.9. The van der Waals surface area contributed by atoms with Gasteiger partial charge in [0.05, 0.1) is 18.6 Å². The molecule has 2 aromatic rings. The van der Waals surface area contributed by atoms with Crippen LogP contribution in [0.5, 0.6) is 0 Å². The molecule has 0 unspecified atom stereocenters. The Morgan fingerprint density at radius 3 is 1.63 bits per heavy atom. The van der Waals surface area contributed by atoms with Crippen molar-refractivity contribution >= 4 is 11.9 Å². The first-order valence-corrected chi connectivity index (χ1v) is 5.62. The summed E-state index contributed by atoms with van der Waals surface area (Å²) in [5.74, 6) is -1.59. The quantitative estimate of drug-likeness (QED) is 0.779. The van der Waals surface area contributed by atoms with Crippen LogP contribution in [0.2, 0.25) is 0 Å². The molecule has 2 rings (SSSR count). The van der Waals surface area contributed by atoms with Gasteiger partial charge in [-0.25, -0.2) is 4.79 Å². The number of carboxylic acid groups (broad SMARTS) is 1. The molecule has 0 aliphatic heterocycles. The van der Waals surface area contributed by atoms with Crippen LogP contribution in [0, 0.1) is 0 Å². The minimum atomic E-state index is -1.20. The fourth-order valence-corrected chi connectivity index (χ4v) is 1.72. The minimum Gasteiger partial charge on any atom is -0.545 e. The van der Waals surface area contributed by atoms with E-state index in [9.17, 15) is 14.7 Å². The van der Waals surface area contributed by atoms with Gasteiger partial charge in [-0.05, 0) is 28.8 Å². The summed E-state index contributed by atoms with van der Waals surface area (Å²) < 4.78 is 4.61. The molecule has 0 fully saturated rings. The Bertz CT molecular complexity index is 597. The third kappa shape index (κ3) is 2.80. The number of benzene rings is 2. The number of hydrogen-bond donors (Lipinski definition) is 0. The molecule has 0 aliphatic rings. The molecule has 96 valence electrons. The van der Waals surface area contributed by atoms with E-state index in [1.807, 2.05) is 0 Å². The number of esters is 1. The van der Waals surface area contributed by atoms with E-state index in [1.165, 1.54) is 19.2 Å². The summed E-state index contributed by atoms with van der Waals surface area (Å²) in [7, 11) is 1.33. The molecule has 4 heteroatoms. The zero-order chi connectivity index (χ0) is 13.8. The maximum atomic E-state index is 11.3. The van der Waals surface area contributed by atoms with Crippen molar-refractivity contribution in [2.24, 2.45) is 0 Å². The van der Waals surface area contributed by atoms with Gasteiger partial charge in [-0.1, -0.05) is 36.4 Å². The molecule has 0 saturated carbocycles. The van der Waals surface area contributed by atoms with Crippen molar-refractivity contribution in [3.05, 3.63) is 59.7 Å². The van der Waals surface area contributed by atoms with Gasteiger partial charge in [-0.2, -0.15) is 0 Å². The number of hydrogen-bond acceptors (Lipinski definition) is 4. The molecular weight excluding hydrogens is 244 g/mol. The van der Waals surface area contributed by atoms with Crippen molar-refractivity contribution in [1.82, 2.24) is 0 Å². The van der Waals surface area contributed by atoms with E-state index < -0.39 is 5.97 Å². The van der Waals surface area contributed by atoms with Crippen LogP contribution in [-0.4, -0.2) is 19.0 Å². The highest BCUT2D eigenvalue weighted by atomic mass is 16.5. The minimum absolute atomic E-state index is 0.134. The van der Waals surface area contributed by atoms with Crippen molar-refractivity contribution in [2.75, 3.05) is 7.11 Å². The zero-order valence-electron chi connectivity index (χ0n) is 10.3. The standard InChI is InChI=1S/C15H12O4/c1-19-15(18)13-8-4-11(5-9-13)10-2-6-12(7-3-10)14(16)17/h2-9H,1H3,(H,16,17)/p-1. The van der Waals surface area contributed by atoms with Crippen LogP contribution in [0.4, 0.5) is 0 Å². The lowest BCUT2D eigenvalue weighted by Gasteiger charge is -2.06. The van der Waals surface area contributed by atoms with Crippen molar-refractivity contribution in [2.45, 2.75) is 0 Å². The summed E-state index contributed by atoms with van der Waals surface area (Å²) in [5.41, 5.74) is 2.35. The van der Waals surface area contributed by atoms with Gasteiger partial charge in [-0.3, -0.25) is 0 Å². The van der Waals surface area contributed by atoms with Gasteiger partial charge in [0.25, 0.3) is 0 Å². The Kier molecular flexibility index (Phi) is 3.61. The molecule has 2 aromatic carbocycles. The van der Waals surface area contributed by atoms with Crippen molar-refractivity contribution in [3.63, 3.8) is 0 Å². The Hall–Kier alpha value is -2.62. The van der Waals surface area contributed by atoms with Crippen LogP contribution < -0.4 is 5.11 Å². The van der Waals surface area contributed by atoms with Crippen LogP contribution in [0.25, 0.3) is 11.1 Å². The van der Waals surface area contributed by atoms with Gasteiger partial charge in [0.1, 0.15) is 0 Å². The average Bonchev–Trinajstić information content (AvgIpc) is 2.46. The molecule has 0 N–H and O–H groups in total. The second-order valence-corrected chi connectivity index (χ2v) is 3.93. The van der Waals surface area contributed by atoms with Crippen molar-refractivity contribution < 1.29 is 19.4 Å². The smallest absolute Gasteiger partial charge is 0.337 e. The molecule has 0 saturated heterocycles. The first kappa shape index (κ1) is 12.8. The van der Waals surface area contributed by atoms with Gasteiger partial charge in [-0.15, -0.1) is 0 Å². The van der Waals surface area contributed by atoms with Gasteiger partial charge in [0.2, 0.25) is 0 Å². The number of rotatable bonds is 3. The van der Waals surface area contributed by atoms with Gasteiger partial charge in [0.15, 0.2) is 0 Å². The maximum Gasteiger partial charge on any atom is 0.337 e. The number of carboxylic acids is 1. The molecule has 0 heterocycles. The topological polar surface area (TPSA) is 66.4 Å². The molecule has 0 aromatic heterocycles. The van der Waals surface area contributed by atoms with Crippen LogP contribution >= 0.6 is 0 Å². The number of methoxy groups -OCH3 is 1. The highest BCUT2D eigenvalue weighted by molar-refractivity contribution is 5.90. The van der Waals surface area contributed by atoms with Crippen LogP contribution in [0.3, 0.4) is 0 Å². The summed E-state index contributed by atoms with van der Waals surface area (Å²) in [6.45, 7) is 0. The SMILES string of the molecule is COC(=O)c1ccc(-c2ccc(C(=O)[O-])cc2)cc1. The highest BCUT2D eigenvalue weighted by Crippen LogP contribution is 2.20. The van der Waals surface area contributed by atoms with Crippen LogP contribution in [0.15, 0.2) is 48.5 Å². The Morgan fingerprint density at radius 2 is 1.26 bits per heavy atom. The molecule has 0 radical (unpaired) electrons. The Labute approximate surface area is 110 Å². The summed E-state index contributed by atoms with van der Waals surface area (Å²) in [6.07, 6.45) is 0. The van der Waals surface area contributed by atoms with Crippen LogP contribution in [-0.2, 0) is 4.74 Å². The van der Waals surface area contributed by atoms with Gasteiger partial charge in [0, 0.05) is 0 Å². The third-order valence-corrected chi connectivity index (χ3v) is 2.76. The second-order valence-electron chi connectivity index (χ2n) is 3.93. The lowest BCUT2D eigenvalue weighted by atomic mass is 10.0. The van der Waals surface area contributed by atoms with Gasteiger partial charge >= 0.3 is 5.97 Å². The highest BCUT2D eigenvalue weighted by Gasteiger charge is 2.05. The molecule has 19 heavy (non-hydrogen) atoms. The van der Waals surface area contributed by atoms with Crippen molar-refractivity contribution in [1.29, 1.82) is 0 Å². The number of carbonyl (C=O) groups is 2. The predicted molar refractivity (Wildman–Crippen MR) is 67.5 cm³/mol. The molecule has 4 nitrogen and oxygen atoms in total. The number of aromatic carboxylic acids is 1. The molecule has 0 spiro atoms. The van der Waals surface area contributed by atoms with E-state index in [4.69, 9.17) is 0 Å². The summed E-state index contributed by atoms with van der Waals surface area (Å²) in [6, 6.07) is 13.2. The third-order valence-electron chi connectivity index (χ3n) is 2.76. The fraction of sp³-hybridized carbons (Fsp3) is 0.0667. The van der Waals surface area contributed by atoms with E-state index in [0.29, 0.717) is 5.56 Å².